The van der Waals surface area contributed by atoms with E-state index in [0.717, 1.165) is 0 Å². The number of aromatic nitrogens is 1. The summed E-state index contributed by atoms with van der Waals surface area (Å²) in [6.45, 7) is 5.10. The van der Waals surface area contributed by atoms with E-state index in [1.165, 1.54) is 6.07 Å². The number of fused-ring (bicyclic) bond motifs is 1. The van der Waals surface area contributed by atoms with Crippen LogP contribution in [0.3, 0.4) is 0 Å². The molecule has 0 radical (unpaired) electrons. The molecule has 0 fully saturated rings. The van der Waals surface area contributed by atoms with Crippen LogP contribution >= 0.6 is 0 Å². The molecule has 2 N–H and O–H groups in total. The molecular weight excluding hydrogens is 370 g/mol. The van der Waals surface area contributed by atoms with Crippen LogP contribution in [0.4, 0.5) is 5.69 Å². The number of H-pyrrole nitrogens is 1. The molecule has 3 aromatic rings. The average Bonchev–Trinajstić information content (AvgIpc) is 2.74. The normalized spacial score (nSPS) is 10.6. The summed E-state index contributed by atoms with van der Waals surface area (Å²) < 4.78 is 5.19. The number of carbonyl (C=O) groups excluding carboxylic acids is 2. The number of rotatable bonds is 6. The lowest BCUT2D eigenvalue weighted by Crippen LogP contribution is -2.30. The first-order valence-electron chi connectivity index (χ1n) is 9.38. The molecule has 7 nitrogen and oxygen atoms in total. The maximum absolute atomic E-state index is 12.6. The number of amides is 2. The van der Waals surface area contributed by atoms with E-state index in [4.69, 9.17) is 4.74 Å². The lowest BCUT2D eigenvalue weighted by atomic mass is 10.1. The molecule has 2 amide bonds. The van der Waals surface area contributed by atoms with Crippen molar-refractivity contribution >= 4 is 28.4 Å². The van der Waals surface area contributed by atoms with Crippen molar-refractivity contribution in [3.05, 3.63) is 70.0 Å². The number of benzene rings is 2. The van der Waals surface area contributed by atoms with Gasteiger partial charge in [0.15, 0.2) is 0 Å². The van der Waals surface area contributed by atoms with Crippen molar-refractivity contribution in [2.45, 2.75) is 13.8 Å². The van der Waals surface area contributed by atoms with Crippen LogP contribution in [-0.4, -0.2) is 41.9 Å². The Kier molecular flexibility index (Phi) is 5.97. The molecule has 0 aliphatic rings. The Morgan fingerprint density at radius 1 is 1.03 bits per heavy atom. The van der Waals surface area contributed by atoms with Crippen LogP contribution in [0.2, 0.25) is 0 Å². The fourth-order valence-electron chi connectivity index (χ4n) is 3.07. The predicted molar refractivity (Wildman–Crippen MR) is 113 cm³/mol. The van der Waals surface area contributed by atoms with Gasteiger partial charge in [-0.05, 0) is 62.4 Å². The second-order valence-corrected chi connectivity index (χ2v) is 6.47. The second-order valence-electron chi connectivity index (χ2n) is 6.47. The fraction of sp³-hybridized carbons (Fsp3) is 0.227. The number of aromatic amines is 1. The molecule has 0 spiro atoms. The van der Waals surface area contributed by atoms with Gasteiger partial charge in [0, 0.05) is 35.2 Å². The number of hydrogen-bond acceptors (Lipinski definition) is 4. The summed E-state index contributed by atoms with van der Waals surface area (Å²) in [6, 6.07) is 13.3. The van der Waals surface area contributed by atoms with Gasteiger partial charge in [0.25, 0.3) is 17.4 Å². The summed E-state index contributed by atoms with van der Waals surface area (Å²) >= 11 is 0. The van der Waals surface area contributed by atoms with Gasteiger partial charge in [0.2, 0.25) is 0 Å². The van der Waals surface area contributed by atoms with E-state index in [-0.39, 0.29) is 11.5 Å². The van der Waals surface area contributed by atoms with Crippen molar-refractivity contribution in [2.24, 2.45) is 0 Å². The number of nitrogens with one attached hydrogen (secondary N) is 2. The third-order valence-electron chi connectivity index (χ3n) is 4.74. The molecule has 2 aromatic carbocycles. The molecular formula is C22H23N3O4. The van der Waals surface area contributed by atoms with E-state index in [2.05, 4.69) is 10.3 Å². The number of methoxy groups -OCH3 is 1. The zero-order valence-electron chi connectivity index (χ0n) is 16.6. The summed E-state index contributed by atoms with van der Waals surface area (Å²) in [7, 11) is 1.55. The standard InChI is InChI=1S/C22H23N3O4/c1-4-25(5-2)22(28)14-6-8-16(9-7-14)23-20(26)18-13-15-12-17(29-3)10-11-19(15)24-21(18)27/h6-13H,4-5H2,1-3H3,(H,23,26)(H,24,27). The van der Waals surface area contributed by atoms with E-state index < -0.39 is 11.5 Å². The minimum Gasteiger partial charge on any atom is -0.497 e. The number of anilines is 1. The highest BCUT2D eigenvalue weighted by atomic mass is 16.5. The van der Waals surface area contributed by atoms with Crippen LogP contribution in [0.15, 0.2) is 53.3 Å². The van der Waals surface area contributed by atoms with Crippen LogP contribution in [0.25, 0.3) is 10.9 Å². The molecule has 0 aliphatic carbocycles. The highest BCUT2D eigenvalue weighted by molar-refractivity contribution is 6.06. The molecule has 0 saturated carbocycles. The topological polar surface area (TPSA) is 91.5 Å². The predicted octanol–water partition coefficient (Wildman–Crippen LogP) is 3.27. The Labute approximate surface area is 168 Å². The number of nitrogens with zero attached hydrogens (tertiary/aromatic N) is 1. The summed E-state index contributed by atoms with van der Waals surface area (Å²) in [5.41, 5.74) is 1.17. The monoisotopic (exact) mass is 393 g/mol. The summed E-state index contributed by atoms with van der Waals surface area (Å²) in [6.07, 6.45) is 0. The van der Waals surface area contributed by atoms with Gasteiger partial charge in [-0.1, -0.05) is 0 Å². The molecule has 7 heteroatoms. The largest absolute Gasteiger partial charge is 0.497 e. The number of pyridine rings is 1. The van der Waals surface area contributed by atoms with Crippen LogP contribution in [0, 0.1) is 0 Å². The highest BCUT2D eigenvalue weighted by Gasteiger charge is 2.15. The zero-order valence-corrected chi connectivity index (χ0v) is 16.6. The lowest BCUT2D eigenvalue weighted by Gasteiger charge is -2.18. The Bertz CT molecular complexity index is 1100. The number of carbonyl (C=O) groups is 2. The highest BCUT2D eigenvalue weighted by Crippen LogP contribution is 2.19. The van der Waals surface area contributed by atoms with Crippen LogP contribution in [0.1, 0.15) is 34.6 Å². The van der Waals surface area contributed by atoms with Gasteiger partial charge in [-0.15, -0.1) is 0 Å². The third-order valence-corrected chi connectivity index (χ3v) is 4.74. The van der Waals surface area contributed by atoms with Crippen LogP contribution in [-0.2, 0) is 0 Å². The van der Waals surface area contributed by atoms with Crippen molar-refractivity contribution < 1.29 is 14.3 Å². The average molecular weight is 393 g/mol. The van der Waals surface area contributed by atoms with E-state index in [0.29, 0.717) is 41.0 Å². The van der Waals surface area contributed by atoms with Gasteiger partial charge in [-0.2, -0.15) is 0 Å². The maximum atomic E-state index is 12.6. The molecule has 0 atom stereocenters. The van der Waals surface area contributed by atoms with Gasteiger partial charge < -0.3 is 19.9 Å². The smallest absolute Gasteiger partial charge is 0.261 e. The number of ether oxygens (including phenoxy) is 1. The van der Waals surface area contributed by atoms with Crippen molar-refractivity contribution in [3.63, 3.8) is 0 Å². The molecule has 0 saturated heterocycles. The first-order valence-corrected chi connectivity index (χ1v) is 9.38. The van der Waals surface area contributed by atoms with Crippen molar-refractivity contribution in [2.75, 3.05) is 25.5 Å². The van der Waals surface area contributed by atoms with Gasteiger partial charge in [-0.3, -0.25) is 14.4 Å². The lowest BCUT2D eigenvalue weighted by molar-refractivity contribution is 0.0773. The zero-order chi connectivity index (χ0) is 21.0. The van der Waals surface area contributed by atoms with E-state index in [1.54, 1.807) is 54.5 Å². The van der Waals surface area contributed by atoms with E-state index in [9.17, 15) is 14.4 Å². The van der Waals surface area contributed by atoms with Crippen molar-refractivity contribution in [3.8, 4) is 5.75 Å². The Hall–Kier alpha value is -3.61. The van der Waals surface area contributed by atoms with Crippen molar-refractivity contribution in [1.29, 1.82) is 0 Å². The minimum absolute atomic E-state index is 0.00551. The first kappa shape index (κ1) is 20.1. The molecule has 0 unspecified atom stereocenters. The molecule has 150 valence electrons. The summed E-state index contributed by atoms with van der Waals surface area (Å²) in [4.78, 5) is 41.7. The number of hydrogen-bond donors (Lipinski definition) is 2. The third kappa shape index (κ3) is 4.29. The van der Waals surface area contributed by atoms with Crippen LogP contribution < -0.4 is 15.6 Å². The minimum atomic E-state index is -0.529. The molecule has 0 aliphatic heterocycles. The van der Waals surface area contributed by atoms with Gasteiger partial charge in [0.05, 0.1) is 7.11 Å². The van der Waals surface area contributed by atoms with Crippen molar-refractivity contribution in [1.82, 2.24) is 9.88 Å². The molecule has 3 rings (SSSR count). The second kappa shape index (κ2) is 8.60. The molecule has 29 heavy (non-hydrogen) atoms. The van der Waals surface area contributed by atoms with E-state index >= 15 is 0 Å². The first-order chi connectivity index (χ1) is 14.0. The SMILES string of the molecule is CCN(CC)C(=O)c1ccc(NC(=O)c2cc3cc(OC)ccc3[nH]c2=O)cc1. The Balaban J connectivity index is 1.82. The summed E-state index contributed by atoms with van der Waals surface area (Å²) in [5, 5.41) is 3.39. The Morgan fingerprint density at radius 2 is 1.72 bits per heavy atom. The maximum Gasteiger partial charge on any atom is 0.261 e. The van der Waals surface area contributed by atoms with Gasteiger partial charge in [0.1, 0.15) is 11.3 Å². The van der Waals surface area contributed by atoms with Crippen LogP contribution in [0.5, 0.6) is 5.75 Å². The van der Waals surface area contributed by atoms with Gasteiger partial charge >= 0.3 is 0 Å². The Morgan fingerprint density at radius 3 is 2.34 bits per heavy atom. The molecule has 1 heterocycles. The fourth-order valence-corrected chi connectivity index (χ4v) is 3.07. The quantitative estimate of drug-likeness (QED) is 0.672. The summed E-state index contributed by atoms with van der Waals surface area (Å²) in [5.74, 6) is 0.0379. The van der Waals surface area contributed by atoms with Gasteiger partial charge in [-0.25, -0.2) is 0 Å². The van der Waals surface area contributed by atoms with E-state index in [1.807, 2.05) is 13.8 Å². The molecule has 1 aromatic heterocycles. The molecule has 0 bridgehead atoms.